The van der Waals surface area contributed by atoms with Crippen molar-refractivity contribution in [2.24, 2.45) is 0 Å². The highest BCUT2D eigenvalue weighted by Crippen LogP contribution is 2.15. The van der Waals surface area contributed by atoms with E-state index in [0.29, 0.717) is 25.3 Å². The third-order valence-corrected chi connectivity index (χ3v) is 3.01. The molecule has 0 aliphatic carbocycles. The van der Waals surface area contributed by atoms with Crippen LogP contribution < -0.4 is 0 Å². The van der Waals surface area contributed by atoms with Gasteiger partial charge in [0.2, 0.25) is 0 Å². The van der Waals surface area contributed by atoms with Gasteiger partial charge in [0.15, 0.2) is 6.10 Å². The van der Waals surface area contributed by atoms with Crippen LogP contribution in [0.5, 0.6) is 0 Å². The van der Waals surface area contributed by atoms with Gasteiger partial charge in [-0.15, -0.1) is 0 Å². The maximum absolute atomic E-state index is 13.0. The molecule has 0 saturated carbocycles. The zero-order valence-corrected chi connectivity index (χ0v) is 10.2. The quantitative estimate of drug-likeness (QED) is 0.881. The van der Waals surface area contributed by atoms with Gasteiger partial charge in [0.05, 0.1) is 18.2 Å². The largest absolute Gasteiger partial charge is 0.479 e. The first-order valence-corrected chi connectivity index (χ1v) is 5.85. The minimum atomic E-state index is -0.996. The van der Waals surface area contributed by atoms with Crippen molar-refractivity contribution in [2.75, 3.05) is 19.7 Å². The minimum absolute atomic E-state index is 0.261. The molecule has 1 aliphatic rings. The monoisotopic (exact) mass is 264 g/mol. The van der Waals surface area contributed by atoms with E-state index in [-0.39, 0.29) is 12.1 Å². The number of aliphatic carboxylic acids is 1. The summed E-state index contributed by atoms with van der Waals surface area (Å²) in [6.45, 7) is 1.60. The van der Waals surface area contributed by atoms with Crippen LogP contribution in [0, 0.1) is 17.1 Å². The first-order valence-electron chi connectivity index (χ1n) is 5.85. The second-order valence-corrected chi connectivity index (χ2v) is 4.35. The number of nitrogens with zero attached hydrogens (tertiary/aromatic N) is 2. The lowest BCUT2D eigenvalue weighted by Gasteiger charge is -2.30. The van der Waals surface area contributed by atoms with Gasteiger partial charge in [0.1, 0.15) is 5.82 Å². The van der Waals surface area contributed by atoms with Crippen LogP contribution in [0.15, 0.2) is 18.2 Å². The van der Waals surface area contributed by atoms with Crippen LogP contribution in [-0.2, 0) is 16.1 Å². The van der Waals surface area contributed by atoms with Crippen LogP contribution in [0.1, 0.15) is 11.1 Å². The number of rotatable bonds is 3. The average Bonchev–Trinajstić information content (AvgIpc) is 2.41. The molecule has 19 heavy (non-hydrogen) atoms. The molecule has 6 heteroatoms. The van der Waals surface area contributed by atoms with Crippen LogP contribution in [0.3, 0.4) is 0 Å². The zero-order valence-electron chi connectivity index (χ0n) is 10.2. The molecular weight excluding hydrogens is 251 g/mol. The van der Waals surface area contributed by atoms with E-state index < -0.39 is 17.9 Å². The third-order valence-electron chi connectivity index (χ3n) is 3.01. The lowest BCUT2D eigenvalue weighted by molar-refractivity contribution is -0.156. The predicted octanol–water partition coefficient (Wildman–Crippen LogP) is 0.983. The van der Waals surface area contributed by atoms with Crippen LogP contribution >= 0.6 is 0 Å². The number of hydrogen-bond acceptors (Lipinski definition) is 4. The molecule has 1 aromatic rings. The zero-order chi connectivity index (χ0) is 13.8. The van der Waals surface area contributed by atoms with E-state index in [2.05, 4.69) is 0 Å². The molecule has 100 valence electrons. The molecule has 1 N–H and O–H groups in total. The summed E-state index contributed by atoms with van der Waals surface area (Å²) >= 11 is 0. The van der Waals surface area contributed by atoms with E-state index >= 15 is 0 Å². The SMILES string of the molecule is N#Cc1cc(F)ccc1CN1CCOC(C(=O)O)C1. The van der Waals surface area contributed by atoms with Crippen molar-refractivity contribution in [1.82, 2.24) is 4.90 Å². The molecule has 1 aromatic carbocycles. The van der Waals surface area contributed by atoms with Crippen molar-refractivity contribution in [3.05, 3.63) is 35.1 Å². The maximum Gasteiger partial charge on any atom is 0.334 e. The summed E-state index contributed by atoms with van der Waals surface area (Å²) in [5.74, 6) is -1.45. The van der Waals surface area contributed by atoms with Gasteiger partial charge in [0, 0.05) is 19.6 Å². The fourth-order valence-corrected chi connectivity index (χ4v) is 2.03. The van der Waals surface area contributed by atoms with E-state index in [1.54, 1.807) is 6.07 Å². The van der Waals surface area contributed by atoms with E-state index in [4.69, 9.17) is 15.1 Å². The third kappa shape index (κ3) is 3.28. The van der Waals surface area contributed by atoms with Gasteiger partial charge in [-0.25, -0.2) is 9.18 Å². The summed E-state index contributed by atoms with van der Waals surface area (Å²) in [4.78, 5) is 12.8. The predicted molar refractivity (Wildman–Crippen MR) is 63.8 cm³/mol. The van der Waals surface area contributed by atoms with E-state index in [9.17, 15) is 9.18 Å². The Morgan fingerprint density at radius 2 is 2.42 bits per heavy atom. The first-order chi connectivity index (χ1) is 9.10. The molecule has 1 saturated heterocycles. The Balaban J connectivity index is 2.09. The number of carbonyl (C=O) groups is 1. The lowest BCUT2D eigenvalue weighted by atomic mass is 10.1. The molecule has 1 unspecified atom stereocenters. The Morgan fingerprint density at radius 3 is 3.11 bits per heavy atom. The molecule has 0 bridgehead atoms. The highest BCUT2D eigenvalue weighted by atomic mass is 19.1. The number of carboxylic acid groups (broad SMARTS) is 1. The van der Waals surface area contributed by atoms with Crippen molar-refractivity contribution in [1.29, 1.82) is 5.26 Å². The Morgan fingerprint density at radius 1 is 1.63 bits per heavy atom. The van der Waals surface area contributed by atoms with Crippen LogP contribution in [0.4, 0.5) is 4.39 Å². The molecule has 1 atom stereocenters. The molecule has 5 nitrogen and oxygen atoms in total. The van der Waals surface area contributed by atoms with Crippen molar-refractivity contribution < 1.29 is 19.0 Å². The molecule has 0 spiro atoms. The van der Waals surface area contributed by atoms with Gasteiger partial charge < -0.3 is 9.84 Å². The van der Waals surface area contributed by atoms with Gasteiger partial charge >= 0.3 is 5.97 Å². The van der Waals surface area contributed by atoms with Gasteiger partial charge in [-0.2, -0.15) is 5.26 Å². The second-order valence-electron chi connectivity index (χ2n) is 4.35. The topological polar surface area (TPSA) is 73.6 Å². The minimum Gasteiger partial charge on any atom is -0.479 e. The fraction of sp³-hybridized carbons (Fsp3) is 0.385. The summed E-state index contributed by atoms with van der Waals surface area (Å²) in [6, 6.07) is 5.98. The number of carboxylic acids is 1. The van der Waals surface area contributed by atoms with Crippen molar-refractivity contribution in [3.63, 3.8) is 0 Å². The van der Waals surface area contributed by atoms with E-state index in [1.807, 2.05) is 11.0 Å². The van der Waals surface area contributed by atoms with Crippen LogP contribution in [0.25, 0.3) is 0 Å². The fourth-order valence-electron chi connectivity index (χ4n) is 2.03. The standard InChI is InChI=1S/C13H13FN2O3/c14-11-2-1-9(10(5-11)6-15)7-16-3-4-19-12(8-16)13(17)18/h1-2,5,12H,3-4,7-8H2,(H,17,18). The van der Waals surface area contributed by atoms with Gasteiger partial charge in [-0.1, -0.05) is 6.07 Å². The maximum atomic E-state index is 13.0. The number of ether oxygens (including phenoxy) is 1. The smallest absolute Gasteiger partial charge is 0.334 e. The van der Waals surface area contributed by atoms with Crippen LogP contribution in [-0.4, -0.2) is 41.8 Å². The van der Waals surface area contributed by atoms with Crippen LogP contribution in [0.2, 0.25) is 0 Å². The van der Waals surface area contributed by atoms with Crippen molar-refractivity contribution >= 4 is 5.97 Å². The van der Waals surface area contributed by atoms with Crippen molar-refractivity contribution in [3.8, 4) is 6.07 Å². The van der Waals surface area contributed by atoms with E-state index in [0.717, 1.165) is 0 Å². The normalized spacial score (nSPS) is 19.9. The summed E-state index contributed by atoms with van der Waals surface area (Å²) in [7, 11) is 0. The molecule has 0 amide bonds. The second kappa shape index (κ2) is 5.78. The molecular formula is C13H13FN2O3. The summed E-state index contributed by atoms with van der Waals surface area (Å²) < 4.78 is 18.1. The molecule has 0 aromatic heterocycles. The highest BCUT2D eigenvalue weighted by Gasteiger charge is 2.26. The lowest BCUT2D eigenvalue weighted by Crippen LogP contribution is -2.45. The number of morpholine rings is 1. The number of halogens is 1. The Kier molecular flexibility index (Phi) is 4.10. The number of benzene rings is 1. The van der Waals surface area contributed by atoms with Gasteiger partial charge in [0.25, 0.3) is 0 Å². The first kappa shape index (κ1) is 13.5. The summed E-state index contributed by atoms with van der Waals surface area (Å²) in [5, 5.41) is 17.9. The highest BCUT2D eigenvalue weighted by molar-refractivity contribution is 5.72. The Labute approximate surface area is 109 Å². The Bertz CT molecular complexity index is 527. The van der Waals surface area contributed by atoms with Crippen molar-refractivity contribution in [2.45, 2.75) is 12.6 Å². The molecule has 2 rings (SSSR count). The number of hydrogen-bond donors (Lipinski definition) is 1. The number of nitriles is 1. The molecule has 1 fully saturated rings. The molecule has 0 radical (unpaired) electrons. The summed E-state index contributed by atoms with van der Waals surface area (Å²) in [5.41, 5.74) is 0.966. The van der Waals surface area contributed by atoms with Gasteiger partial charge in [-0.3, -0.25) is 4.90 Å². The average molecular weight is 264 g/mol. The summed E-state index contributed by atoms with van der Waals surface area (Å²) in [6.07, 6.45) is -0.847. The molecule has 1 aliphatic heterocycles. The van der Waals surface area contributed by atoms with E-state index in [1.165, 1.54) is 12.1 Å². The Hall–Kier alpha value is -1.97. The van der Waals surface area contributed by atoms with Gasteiger partial charge in [-0.05, 0) is 17.7 Å². The molecule has 1 heterocycles.